The molecular formula is C24H37N5O3S2. The number of rotatable bonds is 14. The van der Waals surface area contributed by atoms with E-state index in [1.54, 1.807) is 13.8 Å². The average molecular weight is 508 g/mol. The quantitative estimate of drug-likeness (QED) is 0.296. The second-order valence-corrected chi connectivity index (χ2v) is 11.8. The fourth-order valence-electron chi connectivity index (χ4n) is 3.63. The number of anilines is 1. The molecule has 0 spiro atoms. The molecule has 3 rings (SSSR count). The van der Waals surface area contributed by atoms with Crippen LogP contribution in [0.3, 0.4) is 0 Å². The number of carbonyl (C=O) groups is 1. The Morgan fingerprint density at radius 3 is 2.62 bits per heavy atom. The van der Waals surface area contributed by atoms with Crippen molar-refractivity contribution >= 4 is 34.8 Å². The van der Waals surface area contributed by atoms with E-state index < -0.39 is 10.7 Å². The first-order valence-electron chi connectivity index (χ1n) is 12.1. The number of carboxylic acid groups (broad SMARTS) is 1. The second kappa shape index (κ2) is 13.4. The predicted octanol–water partition coefficient (Wildman–Crippen LogP) is 4.35. The van der Waals surface area contributed by atoms with Gasteiger partial charge in [0, 0.05) is 31.4 Å². The zero-order chi connectivity index (χ0) is 24.4. The number of carboxylic acids is 1. The number of aliphatic carboxylic acids is 1. The van der Waals surface area contributed by atoms with Gasteiger partial charge >= 0.3 is 5.97 Å². The Morgan fingerprint density at radius 1 is 1.21 bits per heavy atom. The number of ether oxygens (including phenoxy) is 1. The summed E-state index contributed by atoms with van der Waals surface area (Å²) in [5.41, 5.74) is 2.06. The topological polar surface area (TPSA) is 91.7 Å². The van der Waals surface area contributed by atoms with Crippen molar-refractivity contribution in [2.45, 2.75) is 68.5 Å². The molecule has 1 aliphatic heterocycles. The molecule has 8 nitrogen and oxygen atoms in total. The number of thioether (sulfide) groups is 1. The maximum atomic E-state index is 11.4. The smallest absolute Gasteiger partial charge is 0.319 e. The Balaban J connectivity index is 1.57. The Bertz CT molecular complexity index is 885. The maximum Gasteiger partial charge on any atom is 0.319 e. The molecule has 0 amide bonds. The minimum Gasteiger partial charge on any atom is -0.480 e. The molecule has 0 saturated carbocycles. The fraction of sp³-hybridized carbons (Fsp3) is 0.667. The lowest BCUT2D eigenvalue weighted by Gasteiger charge is -2.28. The van der Waals surface area contributed by atoms with E-state index in [0.717, 1.165) is 73.8 Å². The Kier molecular flexibility index (Phi) is 10.6. The average Bonchev–Trinajstić information content (AvgIpc) is 3.27. The summed E-state index contributed by atoms with van der Waals surface area (Å²) < 4.78 is 5.35. The summed E-state index contributed by atoms with van der Waals surface area (Å²) >= 11 is 2.83. The number of hydrogen-bond donors (Lipinski definition) is 1. The molecule has 0 aliphatic carbocycles. The van der Waals surface area contributed by atoms with Crippen LogP contribution in [-0.2, 0) is 22.5 Å². The molecule has 1 saturated heterocycles. The van der Waals surface area contributed by atoms with Gasteiger partial charge in [-0.05, 0) is 26.8 Å². The van der Waals surface area contributed by atoms with Crippen molar-refractivity contribution in [1.29, 1.82) is 0 Å². The summed E-state index contributed by atoms with van der Waals surface area (Å²) in [5, 5.41) is 11.4. The summed E-state index contributed by atoms with van der Waals surface area (Å²) in [7, 11) is 0. The summed E-state index contributed by atoms with van der Waals surface area (Å²) in [6, 6.07) is 0. The number of aromatic nitrogens is 3. The van der Waals surface area contributed by atoms with E-state index in [4.69, 9.17) is 4.74 Å². The van der Waals surface area contributed by atoms with Crippen LogP contribution >= 0.6 is 23.1 Å². The van der Waals surface area contributed by atoms with E-state index in [1.807, 2.05) is 17.8 Å². The van der Waals surface area contributed by atoms with E-state index in [-0.39, 0.29) is 0 Å². The van der Waals surface area contributed by atoms with Gasteiger partial charge in [0.05, 0.1) is 43.5 Å². The summed E-state index contributed by atoms with van der Waals surface area (Å²) in [6.07, 6.45) is 9.54. The minimum atomic E-state index is -0.884. The number of nitrogens with zero attached hydrogens (tertiary/aromatic N) is 5. The number of hydrogen-bond acceptors (Lipinski definition) is 9. The van der Waals surface area contributed by atoms with Gasteiger partial charge in [0.2, 0.25) is 0 Å². The molecule has 2 aromatic heterocycles. The van der Waals surface area contributed by atoms with Crippen molar-refractivity contribution in [3.63, 3.8) is 0 Å². The van der Waals surface area contributed by atoms with Crippen LogP contribution in [0, 0.1) is 0 Å². The molecule has 0 radical (unpaired) electrons. The zero-order valence-corrected chi connectivity index (χ0v) is 22.2. The summed E-state index contributed by atoms with van der Waals surface area (Å²) in [6.45, 7) is 11.5. The van der Waals surface area contributed by atoms with Gasteiger partial charge in [0.1, 0.15) is 10.6 Å². The summed E-state index contributed by atoms with van der Waals surface area (Å²) in [5.74, 6) is 0.0115. The van der Waals surface area contributed by atoms with Gasteiger partial charge in [0.25, 0.3) is 0 Å². The highest BCUT2D eigenvalue weighted by Gasteiger charge is 2.29. The molecule has 0 bridgehead atoms. The number of unbranched alkanes of at least 4 members (excludes halogenated alkanes) is 3. The van der Waals surface area contributed by atoms with Crippen molar-refractivity contribution in [2.75, 3.05) is 44.3 Å². The first-order valence-corrected chi connectivity index (χ1v) is 13.8. The minimum absolute atomic E-state index is 0.716. The lowest BCUT2D eigenvalue weighted by Crippen LogP contribution is -2.36. The van der Waals surface area contributed by atoms with Crippen molar-refractivity contribution in [2.24, 2.45) is 0 Å². The van der Waals surface area contributed by atoms with Gasteiger partial charge in [-0.1, -0.05) is 37.9 Å². The van der Waals surface area contributed by atoms with E-state index in [2.05, 4.69) is 31.7 Å². The number of morpholine rings is 1. The maximum absolute atomic E-state index is 11.4. The van der Waals surface area contributed by atoms with Gasteiger partial charge in [-0.3, -0.25) is 9.69 Å². The predicted molar refractivity (Wildman–Crippen MR) is 138 cm³/mol. The van der Waals surface area contributed by atoms with Crippen LogP contribution in [0.4, 0.5) is 5.69 Å². The van der Waals surface area contributed by atoms with Crippen LogP contribution in [0.25, 0.3) is 0 Å². The molecule has 1 fully saturated rings. The van der Waals surface area contributed by atoms with Gasteiger partial charge in [-0.25, -0.2) is 15.0 Å². The lowest BCUT2D eigenvalue weighted by molar-refractivity contribution is -0.138. The molecule has 0 unspecified atom stereocenters. The Labute approximate surface area is 211 Å². The highest BCUT2D eigenvalue weighted by Crippen LogP contribution is 2.34. The van der Waals surface area contributed by atoms with Crippen LogP contribution in [0.2, 0.25) is 0 Å². The number of thiazole rings is 1. The van der Waals surface area contributed by atoms with E-state index >= 15 is 0 Å². The van der Waals surface area contributed by atoms with Gasteiger partial charge in [-0.2, -0.15) is 0 Å². The van der Waals surface area contributed by atoms with Crippen molar-refractivity contribution < 1.29 is 14.6 Å². The van der Waals surface area contributed by atoms with Gasteiger partial charge in [0.15, 0.2) is 4.34 Å². The molecular weight excluding hydrogens is 470 g/mol. The highest BCUT2D eigenvalue weighted by atomic mass is 32.2. The SMILES string of the molecule is CCCCCCN(CCc1csc(SC(C)(C)C(=O)O)n1)Cc1ncc(N2CCOCC2)cn1. The molecule has 10 heteroatoms. The van der Waals surface area contributed by atoms with E-state index in [9.17, 15) is 9.90 Å². The fourth-order valence-corrected chi connectivity index (χ4v) is 5.86. The molecule has 34 heavy (non-hydrogen) atoms. The summed E-state index contributed by atoms with van der Waals surface area (Å²) in [4.78, 5) is 30.0. The van der Waals surface area contributed by atoms with Crippen LogP contribution in [-0.4, -0.2) is 75.1 Å². The molecule has 0 atom stereocenters. The Hall–Kier alpha value is -1.75. The molecule has 3 heterocycles. The first-order chi connectivity index (χ1) is 16.4. The van der Waals surface area contributed by atoms with Crippen LogP contribution in [0.15, 0.2) is 22.1 Å². The van der Waals surface area contributed by atoms with E-state index in [0.29, 0.717) is 6.54 Å². The molecule has 0 aromatic carbocycles. The second-order valence-electron chi connectivity index (χ2n) is 9.07. The standard InChI is InChI=1S/C24H37N5O3S2/c1-4-5-6-7-9-28(10-8-19-18-33-23(27-19)34-24(2,3)22(30)31)17-21-25-15-20(16-26-21)29-11-13-32-14-12-29/h15-16,18H,4-14,17H2,1-3H3,(H,30,31). The monoisotopic (exact) mass is 507 g/mol. The Morgan fingerprint density at radius 2 is 1.94 bits per heavy atom. The van der Waals surface area contributed by atoms with E-state index in [1.165, 1.54) is 42.4 Å². The molecule has 2 aromatic rings. The third-order valence-corrected chi connectivity index (χ3v) is 8.01. The van der Waals surface area contributed by atoms with Gasteiger partial charge < -0.3 is 14.7 Å². The third kappa shape index (κ3) is 8.48. The largest absolute Gasteiger partial charge is 0.480 e. The van der Waals surface area contributed by atoms with Crippen molar-refractivity contribution in [3.05, 3.63) is 29.3 Å². The molecule has 1 N–H and O–H groups in total. The highest BCUT2D eigenvalue weighted by molar-refractivity contribution is 8.02. The van der Waals surface area contributed by atoms with Crippen molar-refractivity contribution in [3.8, 4) is 0 Å². The first kappa shape index (κ1) is 26.8. The lowest BCUT2D eigenvalue weighted by atomic mass is 10.2. The zero-order valence-electron chi connectivity index (χ0n) is 20.5. The van der Waals surface area contributed by atoms with Gasteiger partial charge in [-0.15, -0.1) is 11.3 Å². The van der Waals surface area contributed by atoms with Crippen molar-refractivity contribution in [1.82, 2.24) is 19.9 Å². The normalized spacial score (nSPS) is 14.6. The molecule has 188 valence electrons. The molecule has 1 aliphatic rings. The third-order valence-electron chi connectivity index (χ3n) is 5.83. The van der Waals surface area contributed by atoms with Crippen LogP contribution < -0.4 is 4.90 Å². The van der Waals surface area contributed by atoms with Crippen LogP contribution in [0.5, 0.6) is 0 Å². The van der Waals surface area contributed by atoms with Crippen LogP contribution in [0.1, 0.15) is 58.0 Å².